The molecule has 0 radical (unpaired) electrons. The first-order chi connectivity index (χ1) is 18.4. The van der Waals surface area contributed by atoms with E-state index in [2.05, 4.69) is 31.9 Å². The number of amides is 7. The smallest absolute Gasteiger partial charge is 0.326 e. The highest BCUT2D eigenvalue weighted by Gasteiger charge is 2.26. The van der Waals surface area contributed by atoms with Crippen LogP contribution in [0.4, 0.5) is 9.59 Å². The standard InChI is InChI=1S/C6H8N2O2.C6H8N2OS.C6H7NO2S.C6H7NOS2/c2*1-3(2)4-5(9)8-6(10)7-4;2*1-3(2)4-5(8)7-6(9)10-4/h2*1-2H3,(H2,7,8,9,10);2*1-2H3,(H,7,8,9). The Hall–Kier alpha value is -3.34. The van der Waals surface area contributed by atoms with Crippen LogP contribution in [-0.2, 0) is 19.2 Å². The van der Waals surface area contributed by atoms with E-state index in [0.717, 1.165) is 39.0 Å². The van der Waals surface area contributed by atoms with Crippen LogP contribution in [0.5, 0.6) is 0 Å². The molecule has 0 aromatic heterocycles. The minimum atomic E-state index is -0.443. The summed E-state index contributed by atoms with van der Waals surface area (Å²) in [6, 6.07) is -0.443. The van der Waals surface area contributed by atoms with Crippen LogP contribution in [0.1, 0.15) is 55.4 Å². The second kappa shape index (κ2) is 15.4. The highest BCUT2D eigenvalue weighted by Crippen LogP contribution is 2.26. The van der Waals surface area contributed by atoms with Gasteiger partial charge in [0.2, 0.25) is 0 Å². The maximum absolute atomic E-state index is 10.9. The number of carbonyl (C=O) groups excluding carboxylic acids is 6. The summed E-state index contributed by atoms with van der Waals surface area (Å²) in [6.45, 7) is 14.7. The highest BCUT2D eigenvalue weighted by molar-refractivity contribution is 8.26. The lowest BCUT2D eigenvalue weighted by Crippen LogP contribution is -2.22. The largest absolute Gasteiger partial charge is 0.328 e. The molecule has 4 rings (SSSR count). The third-order valence-electron chi connectivity index (χ3n) is 4.53. The zero-order valence-corrected chi connectivity index (χ0v) is 26.3. The van der Waals surface area contributed by atoms with E-state index in [-0.39, 0.29) is 28.9 Å². The van der Waals surface area contributed by atoms with Gasteiger partial charge in [0.25, 0.3) is 28.9 Å². The van der Waals surface area contributed by atoms with Crippen LogP contribution in [-0.4, -0.2) is 44.3 Å². The van der Waals surface area contributed by atoms with Crippen molar-refractivity contribution in [1.29, 1.82) is 0 Å². The molecule has 0 saturated carbocycles. The fourth-order valence-corrected chi connectivity index (χ4v) is 4.62. The first kappa shape index (κ1) is 34.7. The molecule has 4 heterocycles. The van der Waals surface area contributed by atoms with Gasteiger partial charge in [-0.3, -0.25) is 39.9 Å². The van der Waals surface area contributed by atoms with E-state index in [9.17, 15) is 28.8 Å². The van der Waals surface area contributed by atoms with Crippen molar-refractivity contribution in [3.8, 4) is 0 Å². The summed E-state index contributed by atoms with van der Waals surface area (Å²) in [6.07, 6.45) is 0. The van der Waals surface area contributed by atoms with E-state index < -0.39 is 6.03 Å². The van der Waals surface area contributed by atoms with Crippen LogP contribution in [0, 0.1) is 0 Å². The van der Waals surface area contributed by atoms with Crippen LogP contribution in [0.3, 0.4) is 0 Å². The molecule has 216 valence electrons. The van der Waals surface area contributed by atoms with Gasteiger partial charge in [0, 0.05) is 0 Å². The van der Waals surface area contributed by atoms with Crippen molar-refractivity contribution in [2.75, 3.05) is 0 Å². The molecular formula is C24H30N6O6S4. The Morgan fingerprint density at radius 1 is 0.500 bits per heavy atom. The zero-order valence-electron chi connectivity index (χ0n) is 23.1. The van der Waals surface area contributed by atoms with Crippen molar-refractivity contribution in [3.63, 3.8) is 0 Å². The molecule has 12 nitrogen and oxygen atoms in total. The molecule has 7 amide bonds. The highest BCUT2D eigenvalue weighted by atomic mass is 32.2. The summed E-state index contributed by atoms with van der Waals surface area (Å²) in [4.78, 5) is 65.8. The van der Waals surface area contributed by atoms with Gasteiger partial charge < -0.3 is 16.0 Å². The van der Waals surface area contributed by atoms with Crippen LogP contribution >= 0.6 is 48.0 Å². The Balaban J connectivity index is 0.000000267. The minimum Gasteiger partial charge on any atom is -0.328 e. The number of hydrogen-bond acceptors (Lipinski definition) is 10. The molecule has 4 aliphatic heterocycles. The summed E-state index contributed by atoms with van der Waals surface area (Å²) < 4.78 is 0.557. The van der Waals surface area contributed by atoms with Gasteiger partial charge in [0.15, 0.2) is 5.11 Å². The molecule has 0 bridgehead atoms. The lowest BCUT2D eigenvalue weighted by Gasteiger charge is -1.94. The van der Waals surface area contributed by atoms with Gasteiger partial charge in [-0.15, -0.1) is 0 Å². The van der Waals surface area contributed by atoms with Crippen LogP contribution in [0.2, 0.25) is 0 Å². The number of rotatable bonds is 0. The normalized spacial score (nSPS) is 17.2. The summed E-state index contributed by atoms with van der Waals surface area (Å²) in [5, 5.41) is 14.5. The lowest BCUT2D eigenvalue weighted by atomic mass is 10.2. The van der Waals surface area contributed by atoms with Crippen LogP contribution < -0.4 is 31.9 Å². The van der Waals surface area contributed by atoms with Gasteiger partial charge in [0.1, 0.15) is 15.7 Å². The number of hydrogen-bond donors (Lipinski definition) is 6. The van der Waals surface area contributed by atoms with Crippen molar-refractivity contribution in [3.05, 3.63) is 43.5 Å². The van der Waals surface area contributed by atoms with Gasteiger partial charge in [-0.25, -0.2) is 4.79 Å². The lowest BCUT2D eigenvalue weighted by molar-refractivity contribution is -0.116. The summed E-state index contributed by atoms with van der Waals surface area (Å²) in [5.74, 6) is -0.806. The second-order valence-corrected chi connectivity index (χ2v) is 12.0. The number of thioether (sulfide) groups is 2. The number of allylic oxidation sites excluding steroid dienone is 4. The van der Waals surface area contributed by atoms with Crippen LogP contribution in [0.15, 0.2) is 43.5 Å². The first-order valence-electron chi connectivity index (χ1n) is 11.4. The Labute approximate surface area is 251 Å². The zero-order chi connectivity index (χ0) is 30.9. The van der Waals surface area contributed by atoms with E-state index in [1.807, 2.05) is 27.7 Å². The van der Waals surface area contributed by atoms with E-state index in [1.54, 1.807) is 27.7 Å². The van der Waals surface area contributed by atoms with Crippen LogP contribution in [0.25, 0.3) is 0 Å². The Morgan fingerprint density at radius 2 is 0.950 bits per heavy atom. The third-order valence-corrected chi connectivity index (χ3v) is 7.25. The van der Waals surface area contributed by atoms with Crippen molar-refractivity contribution < 1.29 is 28.8 Å². The molecule has 0 unspecified atom stereocenters. The molecule has 4 saturated heterocycles. The van der Waals surface area contributed by atoms with Gasteiger partial charge in [-0.2, -0.15) is 0 Å². The van der Waals surface area contributed by atoms with E-state index in [1.165, 1.54) is 11.8 Å². The average molecular weight is 627 g/mol. The third kappa shape index (κ3) is 10.7. The molecular weight excluding hydrogens is 597 g/mol. The Morgan fingerprint density at radius 3 is 1.15 bits per heavy atom. The van der Waals surface area contributed by atoms with E-state index in [0.29, 0.717) is 25.7 Å². The van der Waals surface area contributed by atoms with Crippen molar-refractivity contribution in [2.45, 2.75) is 55.4 Å². The molecule has 0 aromatic carbocycles. The van der Waals surface area contributed by atoms with Crippen molar-refractivity contribution in [1.82, 2.24) is 31.9 Å². The summed E-state index contributed by atoms with van der Waals surface area (Å²) in [7, 11) is 0. The maximum Gasteiger partial charge on any atom is 0.326 e. The molecule has 40 heavy (non-hydrogen) atoms. The molecule has 6 N–H and O–H groups in total. The number of urea groups is 1. The first-order valence-corrected chi connectivity index (χ1v) is 13.9. The molecule has 0 atom stereocenters. The monoisotopic (exact) mass is 626 g/mol. The van der Waals surface area contributed by atoms with Gasteiger partial charge in [-0.1, -0.05) is 35.1 Å². The molecule has 4 aliphatic rings. The topological polar surface area (TPSA) is 175 Å². The minimum absolute atomic E-state index is 0.0602. The predicted molar refractivity (Wildman–Crippen MR) is 164 cm³/mol. The maximum atomic E-state index is 10.9. The van der Waals surface area contributed by atoms with Gasteiger partial charge in [0.05, 0.1) is 9.81 Å². The van der Waals surface area contributed by atoms with E-state index >= 15 is 0 Å². The second-order valence-electron chi connectivity index (χ2n) is 8.91. The molecule has 16 heteroatoms. The summed E-state index contributed by atoms with van der Waals surface area (Å²) in [5.41, 5.74) is 4.59. The number of nitrogens with one attached hydrogen (secondary N) is 6. The fraction of sp³-hybridized carbons (Fsp3) is 0.333. The molecule has 0 aliphatic carbocycles. The SMILES string of the molecule is CC(C)=C1NC(=O)NC1=O.CC(C)=C1NC(=S)NC1=O.CC(C)=C1SC(=O)NC1=O.CC(C)=C1SC(=S)NC1=O. The Bertz CT molecular complexity index is 1110. The Kier molecular flexibility index (Phi) is 13.4. The quantitative estimate of drug-likeness (QED) is 0.132. The number of carbonyl (C=O) groups is 6. The fourth-order valence-electron chi connectivity index (χ4n) is 2.72. The average Bonchev–Trinajstić information content (AvgIpc) is 3.55. The van der Waals surface area contributed by atoms with Crippen molar-refractivity contribution in [2.24, 2.45) is 0 Å². The van der Waals surface area contributed by atoms with Gasteiger partial charge >= 0.3 is 6.03 Å². The molecule has 0 aromatic rings. The van der Waals surface area contributed by atoms with Gasteiger partial charge in [-0.05, 0) is 90.5 Å². The van der Waals surface area contributed by atoms with E-state index in [4.69, 9.17) is 24.4 Å². The number of thiocarbonyl (C=S) groups is 2. The number of imide groups is 2. The molecule has 4 fully saturated rings. The molecule has 0 spiro atoms. The summed E-state index contributed by atoms with van der Waals surface area (Å²) >= 11 is 11.8. The predicted octanol–water partition coefficient (Wildman–Crippen LogP) is 3.10. The van der Waals surface area contributed by atoms with Crippen molar-refractivity contribution >= 4 is 92.3 Å².